The third-order valence-corrected chi connectivity index (χ3v) is 9.86. The van der Waals surface area contributed by atoms with Crippen LogP contribution >= 0.6 is 0 Å². The van der Waals surface area contributed by atoms with Crippen LogP contribution in [0.15, 0.2) is 48.5 Å². The van der Waals surface area contributed by atoms with E-state index in [0.29, 0.717) is 23.8 Å². The first-order valence-electron chi connectivity index (χ1n) is 14.5. The Morgan fingerprint density at radius 1 is 0.872 bits per heavy atom. The zero-order chi connectivity index (χ0) is 27.7. The van der Waals surface area contributed by atoms with Gasteiger partial charge in [-0.1, -0.05) is 57.2 Å². The highest BCUT2D eigenvalue weighted by atomic mass is 32.2. The van der Waals surface area contributed by atoms with Crippen molar-refractivity contribution in [2.45, 2.75) is 76.7 Å². The molecule has 7 heteroatoms. The second-order valence-electron chi connectivity index (χ2n) is 13.1. The van der Waals surface area contributed by atoms with Crippen LogP contribution in [0.5, 0.6) is 0 Å². The summed E-state index contributed by atoms with van der Waals surface area (Å²) in [6.07, 6.45) is 6.99. The summed E-state index contributed by atoms with van der Waals surface area (Å²) in [7, 11) is -2.52. The minimum Gasteiger partial charge on any atom is -0.352 e. The van der Waals surface area contributed by atoms with Crippen LogP contribution in [0.4, 0.5) is 0 Å². The third-order valence-electron chi connectivity index (χ3n) is 9.27. The second-order valence-corrected chi connectivity index (χ2v) is 14.2. The molecule has 2 aromatic rings. The molecule has 4 bridgehead atoms. The normalized spacial score (nSPS) is 26.4. The molecule has 2 amide bonds. The fourth-order valence-corrected chi connectivity index (χ4v) is 7.69. The molecule has 6 rings (SSSR count). The molecule has 4 aliphatic rings. The molecule has 0 heterocycles. The predicted octanol–water partition coefficient (Wildman–Crippen LogP) is 4.59. The minimum atomic E-state index is -2.52. The molecule has 210 valence electrons. The summed E-state index contributed by atoms with van der Waals surface area (Å²) >= 11 is 0. The van der Waals surface area contributed by atoms with E-state index in [2.05, 4.69) is 55.7 Å². The fourth-order valence-electron chi connectivity index (χ4n) is 7.39. The Morgan fingerprint density at radius 2 is 1.46 bits per heavy atom. The molecular formula is C32H42N2O4S. The number of hydrogen-bond acceptors (Lipinski definition) is 4. The molecule has 6 nitrogen and oxygen atoms in total. The SMILES string of the molecule is CC(C)(C)c1ccc(C(Cc2ccc(C(=O)NCC[SH](=O)=O)cc2)C(=O)NC2[C@H]3C[C@@H]4C[C@@H](C[C@H]2C4)C3)cc1. The summed E-state index contributed by atoms with van der Waals surface area (Å²) in [5.41, 5.74) is 3.75. The van der Waals surface area contributed by atoms with Gasteiger partial charge in [0.25, 0.3) is 5.91 Å². The Kier molecular flexibility index (Phi) is 8.18. The number of thiol groups is 1. The van der Waals surface area contributed by atoms with Crippen molar-refractivity contribution < 1.29 is 18.0 Å². The van der Waals surface area contributed by atoms with E-state index in [9.17, 15) is 18.0 Å². The van der Waals surface area contributed by atoms with Gasteiger partial charge in [0.1, 0.15) is 10.7 Å². The van der Waals surface area contributed by atoms with Crippen LogP contribution in [0.2, 0.25) is 0 Å². The van der Waals surface area contributed by atoms with E-state index in [1.807, 2.05) is 12.1 Å². The number of rotatable bonds is 9. The van der Waals surface area contributed by atoms with Gasteiger partial charge in [0.15, 0.2) is 0 Å². The summed E-state index contributed by atoms with van der Waals surface area (Å²) in [4.78, 5) is 26.3. The Bertz CT molecular complexity index is 1220. The van der Waals surface area contributed by atoms with E-state index >= 15 is 0 Å². The number of carbonyl (C=O) groups is 2. The molecule has 0 aliphatic heterocycles. The molecular weight excluding hydrogens is 508 g/mol. The first kappa shape index (κ1) is 27.9. The smallest absolute Gasteiger partial charge is 0.251 e. The van der Waals surface area contributed by atoms with Crippen LogP contribution in [-0.4, -0.2) is 38.6 Å². The van der Waals surface area contributed by atoms with Crippen LogP contribution in [0.3, 0.4) is 0 Å². The molecule has 0 saturated heterocycles. The summed E-state index contributed by atoms with van der Waals surface area (Å²) in [6, 6.07) is 16.1. The minimum absolute atomic E-state index is 0.0381. The van der Waals surface area contributed by atoms with Gasteiger partial charge in [-0.05, 0) is 96.4 Å². The average Bonchev–Trinajstić information content (AvgIpc) is 2.88. The van der Waals surface area contributed by atoms with Gasteiger partial charge >= 0.3 is 0 Å². The van der Waals surface area contributed by atoms with Gasteiger partial charge in [-0.15, -0.1) is 0 Å². The molecule has 2 aromatic carbocycles. The van der Waals surface area contributed by atoms with Crippen molar-refractivity contribution in [3.05, 3.63) is 70.8 Å². The molecule has 1 unspecified atom stereocenters. The largest absolute Gasteiger partial charge is 0.352 e. The maximum Gasteiger partial charge on any atom is 0.251 e. The number of nitrogens with one attached hydrogen (secondary N) is 2. The topological polar surface area (TPSA) is 92.3 Å². The number of hydrogen-bond donors (Lipinski definition) is 3. The van der Waals surface area contributed by atoms with Crippen molar-refractivity contribution in [2.24, 2.45) is 23.7 Å². The number of carbonyl (C=O) groups excluding carboxylic acids is 2. The Balaban J connectivity index is 1.32. The zero-order valence-corrected chi connectivity index (χ0v) is 24.2. The average molecular weight is 551 g/mol. The molecule has 0 aromatic heterocycles. The van der Waals surface area contributed by atoms with Crippen LogP contribution in [0.1, 0.15) is 85.8 Å². The van der Waals surface area contributed by atoms with Crippen molar-refractivity contribution >= 4 is 22.5 Å². The van der Waals surface area contributed by atoms with E-state index in [0.717, 1.165) is 23.0 Å². The first-order chi connectivity index (χ1) is 18.6. The van der Waals surface area contributed by atoms with E-state index in [4.69, 9.17) is 0 Å². The van der Waals surface area contributed by atoms with Gasteiger partial charge in [0.05, 0.1) is 11.7 Å². The van der Waals surface area contributed by atoms with E-state index in [1.54, 1.807) is 12.1 Å². The van der Waals surface area contributed by atoms with Crippen molar-refractivity contribution in [3.63, 3.8) is 0 Å². The van der Waals surface area contributed by atoms with Gasteiger partial charge in [-0.2, -0.15) is 0 Å². The van der Waals surface area contributed by atoms with Gasteiger partial charge in [0, 0.05) is 18.2 Å². The Hall–Kier alpha value is -2.67. The van der Waals surface area contributed by atoms with Crippen LogP contribution in [-0.2, 0) is 27.3 Å². The zero-order valence-electron chi connectivity index (χ0n) is 23.3. The highest BCUT2D eigenvalue weighted by Gasteiger charge is 2.49. The number of amides is 2. The molecule has 39 heavy (non-hydrogen) atoms. The molecule has 0 spiro atoms. The maximum atomic E-state index is 13.9. The molecule has 1 atom stereocenters. The summed E-state index contributed by atoms with van der Waals surface area (Å²) in [5, 5.41) is 6.17. The van der Waals surface area contributed by atoms with Crippen molar-refractivity contribution in [1.82, 2.24) is 10.6 Å². The van der Waals surface area contributed by atoms with Crippen LogP contribution in [0, 0.1) is 23.7 Å². The maximum absolute atomic E-state index is 13.9. The first-order valence-corrected chi connectivity index (χ1v) is 15.8. The summed E-state index contributed by atoms with van der Waals surface area (Å²) < 4.78 is 21.5. The molecule has 2 N–H and O–H groups in total. The van der Waals surface area contributed by atoms with Crippen molar-refractivity contribution in [3.8, 4) is 0 Å². The van der Waals surface area contributed by atoms with Crippen LogP contribution < -0.4 is 10.6 Å². The monoisotopic (exact) mass is 550 g/mol. The van der Waals surface area contributed by atoms with E-state index < -0.39 is 10.7 Å². The van der Waals surface area contributed by atoms with Crippen LogP contribution in [0.25, 0.3) is 0 Å². The summed E-state index contributed by atoms with van der Waals surface area (Å²) in [6.45, 7) is 6.67. The van der Waals surface area contributed by atoms with Crippen molar-refractivity contribution in [2.75, 3.05) is 12.3 Å². The second kappa shape index (κ2) is 11.4. The fraction of sp³-hybridized carbons (Fsp3) is 0.562. The number of benzene rings is 2. The highest BCUT2D eigenvalue weighted by molar-refractivity contribution is 7.72. The lowest BCUT2D eigenvalue weighted by Crippen LogP contribution is -2.56. The third kappa shape index (κ3) is 6.56. The molecule has 4 fully saturated rings. The predicted molar refractivity (Wildman–Crippen MR) is 155 cm³/mol. The van der Waals surface area contributed by atoms with Gasteiger partial charge in [0.2, 0.25) is 5.91 Å². The van der Waals surface area contributed by atoms with E-state index in [1.165, 1.54) is 37.7 Å². The van der Waals surface area contributed by atoms with E-state index in [-0.39, 0.29) is 41.5 Å². The lowest BCUT2D eigenvalue weighted by molar-refractivity contribution is -0.126. The summed E-state index contributed by atoms with van der Waals surface area (Å²) in [5.74, 6) is 2.37. The standard InChI is InChI=1S/C32H42N2O4S/c1-32(2,3)27-10-8-23(9-11-27)28(19-20-4-6-24(7-5-20)30(35)33-12-13-39(37)38)31(36)34-29-25-15-21-14-22(17-25)18-26(29)16-21/h4-11,21-22,25-26,28-29,39H,12-19H2,1-3H3,(H,33,35)(H,34,36)/t21-,22+,25-,26+,28?,29?. The quantitative estimate of drug-likeness (QED) is 0.398. The van der Waals surface area contributed by atoms with Gasteiger partial charge in [-0.25, -0.2) is 8.42 Å². The van der Waals surface area contributed by atoms with Crippen molar-refractivity contribution in [1.29, 1.82) is 0 Å². The molecule has 4 saturated carbocycles. The van der Waals surface area contributed by atoms with Gasteiger partial charge < -0.3 is 10.6 Å². The Morgan fingerprint density at radius 3 is 2.00 bits per heavy atom. The molecule has 4 aliphatic carbocycles. The van der Waals surface area contributed by atoms with Gasteiger partial charge in [-0.3, -0.25) is 9.59 Å². The highest BCUT2D eigenvalue weighted by Crippen LogP contribution is 2.53. The lowest BCUT2D eigenvalue weighted by Gasteiger charge is -2.54. The molecule has 0 radical (unpaired) electrons. The Labute approximate surface area is 234 Å². The lowest BCUT2D eigenvalue weighted by atomic mass is 9.54.